The second kappa shape index (κ2) is 4.96. The Bertz CT molecular complexity index is 262. The first-order chi connectivity index (χ1) is 6.16. The molecule has 0 aliphatic heterocycles. The molecule has 0 aliphatic carbocycles. The number of hydrogen-bond donors (Lipinski definition) is 1. The van der Waals surface area contributed by atoms with Gasteiger partial charge in [0.1, 0.15) is 6.10 Å². The molecular weight excluding hydrogens is 208 g/mol. The van der Waals surface area contributed by atoms with Crippen molar-refractivity contribution in [2.45, 2.75) is 26.1 Å². The molecule has 0 saturated carbocycles. The van der Waals surface area contributed by atoms with E-state index < -0.39 is 6.10 Å². The number of hydrogen-bond acceptors (Lipinski definition) is 3. The molecule has 0 saturated heterocycles. The first kappa shape index (κ1) is 11.0. The van der Waals surface area contributed by atoms with Crippen molar-refractivity contribution in [3.63, 3.8) is 0 Å². The van der Waals surface area contributed by atoms with Gasteiger partial charge >= 0.3 is 0 Å². The van der Waals surface area contributed by atoms with E-state index in [-0.39, 0.29) is 6.10 Å². The molecule has 1 aromatic heterocycles. The van der Waals surface area contributed by atoms with Crippen LogP contribution in [0.25, 0.3) is 0 Å². The van der Waals surface area contributed by atoms with Gasteiger partial charge in [-0.3, -0.25) is 0 Å². The van der Waals surface area contributed by atoms with E-state index in [4.69, 9.17) is 16.3 Å². The Morgan fingerprint density at radius 3 is 2.85 bits per heavy atom. The molecular formula is C9H13ClO2S. The summed E-state index contributed by atoms with van der Waals surface area (Å²) in [5.41, 5.74) is 0. The van der Waals surface area contributed by atoms with Gasteiger partial charge in [-0.15, -0.1) is 11.3 Å². The number of thiophene rings is 1. The minimum absolute atomic E-state index is 0.207. The molecule has 13 heavy (non-hydrogen) atoms. The van der Waals surface area contributed by atoms with E-state index in [1.807, 2.05) is 19.2 Å². The van der Waals surface area contributed by atoms with Gasteiger partial charge in [-0.05, 0) is 25.3 Å². The molecule has 74 valence electrons. The lowest BCUT2D eigenvalue weighted by Crippen LogP contribution is -2.17. The summed E-state index contributed by atoms with van der Waals surface area (Å²) in [5, 5.41) is 12.3. The number of aliphatic hydroxyl groups excluding tert-OH is 1. The van der Waals surface area contributed by atoms with Gasteiger partial charge in [0.2, 0.25) is 0 Å². The first-order valence-electron chi connectivity index (χ1n) is 4.19. The Kier molecular flexibility index (Phi) is 4.19. The fourth-order valence-electron chi connectivity index (χ4n) is 1.08. The van der Waals surface area contributed by atoms with Gasteiger partial charge in [-0.1, -0.05) is 11.6 Å². The standard InChI is InChI=1S/C9H13ClO2S/c1-3-12-6(2)8(11)9-7(10)4-5-13-9/h4-6,8,11H,3H2,1-2H3. The van der Waals surface area contributed by atoms with Crippen LogP contribution in [0.4, 0.5) is 0 Å². The zero-order chi connectivity index (χ0) is 9.84. The molecule has 0 fully saturated rings. The molecule has 4 heteroatoms. The predicted octanol–water partition coefficient (Wildman–Crippen LogP) is 2.86. The number of aliphatic hydroxyl groups is 1. The maximum Gasteiger partial charge on any atom is 0.115 e. The summed E-state index contributed by atoms with van der Waals surface area (Å²) < 4.78 is 5.28. The number of halogens is 1. The third kappa shape index (κ3) is 2.68. The van der Waals surface area contributed by atoms with Gasteiger partial charge in [0.25, 0.3) is 0 Å². The Morgan fingerprint density at radius 2 is 2.38 bits per heavy atom. The van der Waals surface area contributed by atoms with Crippen LogP contribution in [0.15, 0.2) is 11.4 Å². The zero-order valence-corrected chi connectivity index (χ0v) is 9.23. The second-order valence-electron chi connectivity index (χ2n) is 2.74. The van der Waals surface area contributed by atoms with E-state index in [1.165, 1.54) is 11.3 Å². The van der Waals surface area contributed by atoms with Crippen molar-refractivity contribution in [2.24, 2.45) is 0 Å². The molecule has 0 amide bonds. The Labute approximate surface area is 87.1 Å². The predicted molar refractivity (Wildman–Crippen MR) is 55.4 cm³/mol. The van der Waals surface area contributed by atoms with Crippen LogP contribution in [-0.2, 0) is 4.74 Å². The van der Waals surface area contributed by atoms with Crippen LogP contribution in [0.1, 0.15) is 24.8 Å². The van der Waals surface area contributed by atoms with E-state index >= 15 is 0 Å². The lowest BCUT2D eigenvalue weighted by Gasteiger charge is -2.17. The SMILES string of the molecule is CCOC(C)C(O)c1sccc1Cl. The van der Waals surface area contributed by atoms with Crippen LogP contribution in [-0.4, -0.2) is 17.8 Å². The Hall–Kier alpha value is -0.0900. The fraction of sp³-hybridized carbons (Fsp3) is 0.556. The normalized spacial score (nSPS) is 15.7. The summed E-state index contributed by atoms with van der Waals surface area (Å²) in [4.78, 5) is 0.780. The number of rotatable bonds is 4. The van der Waals surface area contributed by atoms with Crippen molar-refractivity contribution in [2.75, 3.05) is 6.61 Å². The van der Waals surface area contributed by atoms with Gasteiger partial charge in [0.15, 0.2) is 0 Å². The third-order valence-corrected chi connectivity index (χ3v) is 3.22. The van der Waals surface area contributed by atoms with Crippen LogP contribution in [0.5, 0.6) is 0 Å². The van der Waals surface area contributed by atoms with Crippen molar-refractivity contribution in [1.29, 1.82) is 0 Å². The molecule has 1 N–H and O–H groups in total. The molecule has 0 spiro atoms. The monoisotopic (exact) mass is 220 g/mol. The molecule has 2 atom stereocenters. The summed E-state index contributed by atoms with van der Waals surface area (Å²) >= 11 is 7.32. The highest BCUT2D eigenvalue weighted by molar-refractivity contribution is 7.10. The highest BCUT2D eigenvalue weighted by atomic mass is 35.5. The van der Waals surface area contributed by atoms with Crippen molar-refractivity contribution in [1.82, 2.24) is 0 Å². The lowest BCUT2D eigenvalue weighted by molar-refractivity contribution is -0.0211. The molecule has 0 radical (unpaired) electrons. The summed E-state index contributed by atoms with van der Waals surface area (Å²) in [7, 11) is 0. The number of ether oxygens (including phenoxy) is 1. The Morgan fingerprint density at radius 1 is 1.69 bits per heavy atom. The molecule has 1 heterocycles. The van der Waals surface area contributed by atoms with Gasteiger partial charge < -0.3 is 9.84 Å². The van der Waals surface area contributed by atoms with E-state index in [1.54, 1.807) is 6.07 Å². The fourth-order valence-corrected chi connectivity index (χ4v) is 2.33. The van der Waals surface area contributed by atoms with Crippen LogP contribution < -0.4 is 0 Å². The largest absolute Gasteiger partial charge is 0.385 e. The minimum atomic E-state index is -0.618. The first-order valence-corrected chi connectivity index (χ1v) is 5.45. The highest BCUT2D eigenvalue weighted by Crippen LogP contribution is 2.31. The zero-order valence-electron chi connectivity index (χ0n) is 7.66. The van der Waals surface area contributed by atoms with Crippen molar-refractivity contribution in [3.8, 4) is 0 Å². The van der Waals surface area contributed by atoms with E-state index in [0.29, 0.717) is 11.6 Å². The molecule has 1 rings (SSSR count). The topological polar surface area (TPSA) is 29.5 Å². The van der Waals surface area contributed by atoms with E-state index in [2.05, 4.69) is 0 Å². The van der Waals surface area contributed by atoms with Crippen LogP contribution in [0.2, 0.25) is 5.02 Å². The molecule has 2 nitrogen and oxygen atoms in total. The molecule has 0 aliphatic rings. The molecule has 0 bridgehead atoms. The maximum absolute atomic E-state index is 9.79. The van der Waals surface area contributed by atoms with Gasteiger partial charge in [-0.2, -0.15) is 0 Å². The quantitative estimate of drug-likeness (QED) is 0.846. The van der Waals surface area contributed by atoms with Gasteiger partial charge in [0.05, 0.1) is 16.0 Å². The highest BCUT2D eigenvalue weighted by Gasteiger charge is 2.19. The van der Waals surface area contributed by atoms with E-state index in [0.717, 1.165) is 4.88 Å². The van der Waals surface area contributed by atoms with Crippen LogP contribution >= 0.6 is 22.9 Å². The van der Waals surface area contributed by atoms with Gasteiger partial charge in [0, 0.05) is 6.61 Å². The second-order valence-corrected chi connectivity index (χ2v) is 4.09. The summed E-state index contributed by atoms with van der Waals surface area (Å²) in [6, 6.07) is 1.78. The summed E-state index contributed by atoms with van der Waals surface area (Å²) in [6.45, 7) is 4.34. The van der Waals surface area contributed by atoms with Crippen LogP contribution in [0.3, 0.4) is 0 Å². The molecule has 0 aromatic carbocycles. The Balaban J connectivity index is 2.67. The molecule has 1 aromatic rings. The lowest BCUT2D eigenvalue weighted by atomic mass is 10.2. The van der Waals surface area contributed by atoms with Crippen molar-refractivity contribution >= 4 is 22.9 Å². The minimum Gasteiger partial charge on any atom is -0.385 e. The average molecular weight is 221 g/mol. The smallest absolute Gasteiger partial charge is 0.115 e. The van der Waals surface area contributed by atoms with E-state index in [9.17, 15) is 5.11 Å². The average Bonchev–Trinajstić information content (AvgIpc) is 2.50. The van der Waals surface area contributed by atoms with Crippen molar-refractivity contribution < 1.29 is 9.84 Å². The van der Waals surface area contributed by atoms with Crippen molar-refractivity contribution in [3.05, 3.63) is 21.3 Å². The summed E-state index contributed by atoms with van der Waals surface area (Å²) in [5.74, 6) is 0. The maximum atomic E-state index is 9.79. The van der Waals surface area contributed by atoms with Gasteiger partial charge in [-0.25, -0.2) is 0 Å². The summed E-state index contributed by atoms with van der Waals surface area (Å²) in [6.07, 6.45) is -0.825. The third-order valence-electron chi connectivity index (χ3n) is 1.79. The van der Waals surface area contributed by atoms with Crippen LogP contribution in [0, 0.1) is 0 Å². The molecule has 2 unspecified atom stereocenters.